The van der Waals surface area contributed by atoms with Crippen molar-refractivity contribution < 1.29 is 23.8 Å². The van der Waals surface area contributed by atoms with E-state index in [-0.39, 0.29) is 11.3 Å². The lowest BCUT2D eigenvalue weighted by molar-refractivity contribution is -0.140. The van der Waals surface area contributed by atoms with Gasteiger partial charge in [0.2, 0.25) is 0 Å². The first-order valence-corrected chi connectivity index (χ1v) is 11.1. The van der Waals surface area contributed by atoms with E-state index in [0.29, 0.717) is 36.8 Å². The first kappa shape index (κ1) is 23.3. The summed E-state index contributed by atoms with van der Waals surface area (Å²) in [6.07, 6.45) is 1.49. The van der Waals surface area contributed by atoms with Gasteiger partial charge in [-0.15, -0.1) is 0 Å². The van der Waals surface area contributed by atoms with Gasteiger partial charge in [-0.1, -0.05) is 29.8 Å². The Kier molecular flexibility index (Phi) is 6.84. The average molecular weight is 461 g/mol. The van der Waals surface area contributed by atoms with E-state index in [0.717, 1.165) is 11.1 Å². The number of furan rings is 1. The summed E-state index contributed by atoms with van der Waals surface area (Å²) in [6, 6.07) is 17.5. The number of nitrogens with zero attached hydrogens (tertiary/aromatic N) is 2. The van der Waals surface area contributed by atoms with E-state index < -0.39 is 17.7 Å². The maximum absolute atomic E-state index is 12.9. The number of aliphatic hydroxyl groups is 1. The van der Waals surface area contributed by atoms with Crippen LogP contribution in [0.25, 0.3) is 5.76 Å². The largest absolute Gasteiger partial charge is 0.507 e. The SMILES string of the molecule is Cc1cccc(COc2ccc(/C(O)=C3\C(=O)C(=O)N(CCN(C)C)[C@@H]3c3ccco3)cc2)c1. The van der Waals surface area contributed by atoms with Crippen LogP contribution in [-0.4, -0.2) is 53.8 Å². The van der Waals surface area contributed by atoms with Crippen LogP contribution < -0.4 is 4.74 Å². The molecule has 0 unspecified atom stereocenters. The van der Waals surface area contributed by atoms with Crippen molar-refractivity contribution in [3.05, 3.63) is 95.0 Å². The fourth-order valence-corrected chi connectivity index (χ4v) is 3.99. The van der Waals surface area contributed by atoms with Gasteiger partial charge in [-0.2, -0.15) is 0 Å². The summed E-state index contributed by atoms with van der Waals surface area (Å²) >= 11 is 0. The van der Waals surface area contributed by atoms with Crippen molar-refractivity contribution in [1.29, 1.82) is 0 Å². The molecule has 0 saturated carbocycles. The van der Waals surface area contributed by atoms with Gasteiger partial charge in [-0.05, 0) is 63.0 Å². The number of likely N-dealkylation sites (tertiary alicyclic amines) is 1. The molecule has 1 saturated heterocycles. The minimum atomic E-state index is -0.785. The van der Waals surface area contributed by atoms with Crippen LogP contribution >= 0.6 is 0 Å². The Labute approximate surface area is 198 Å². The molecule has 4 rings (SSSR count). The molecule has 176 valence electrons. The normalized spacial score (nSPS) is 17.5. The van der Waals surface area contributed by atoms with Gasteiger partial charge < -0.3 is 24.1 Å². The van der Waals surface area contributed by atoms with Gasteiger partial charge in [0.05, 0.1) is 11.8 Å². The zero-order valence-corrected chi connectivity index (χ0v) is 19.5. The molecule has 1 N–H and O–H groups in total. The minimum Gasteiger partial charge on any atom is -0.507 e. The summed E-state index contributed by atoms with van der Waals surface area (Å²) in [7, 11) is 3.78. The summed E-state index contributed by atoms with van der Waals surface area (Å²) in [6.45, 7) is 3.34. The van der Waals surface area contributed by atoms with Gasteiger partial charge in [-0.3, -0.25) is 9.59 Å². The van der Waals surface area contributed by atoms with Gasteiger partial charge in [0.1, 0.15) is 29.9 Å². The van der Waals surface area contributed by atoms with E-state index in [1.807, 2.05) is 44.1 Å². The number of likely N-dealkylation sites (N-methyl/N-ethyl adjacent to an activating group) is 1. The molecule has 1 aliphatic heterocycles. The number of carbonyl (C=O) groups is 2. The molecule has 1 aromatic heterocycles. The number of aliphatic hydroxyl groups excluding tert-OH is 1. The predicted molar refractivity (Wildman–Crippen MR) is 128 cm³/mol. The van der Waals surface area contributed by atoms with Crippen LogP contribution in [0.4, 0.5) is 0 Å². The number of benzene rings is 2. The van der Waals surface area contributed by atoms with Gasteiger partial charge in [0.15, 0.2) is 0 Å². The lowest BCUT2D eigenvalue weighted by atomic mass is 9.99. The fraction of sp³-hybridized carbons (Fsp3) is 0.259. The molecule has 2 aromatic carbocycles. The third-order valence-corrected chi connectivity index (χ3v) is 5.76. The maximum atomic E-state index is 12.9. The van der Waals surface area contributed by atoms with Crippen molar-refractivity contribution in [2.24, 2.45) is 0 Å². The summed E-state index contributed by atoms with van der Waals surface area (Å²) in [5.41, 5.74) is 2.66. The van der Waals surface area contributed by atoms with Crippen molar-refractivity contribution in [2.45, 2.75) is 19.6 Å². The lowest BCUT2D eigenvalue weighted by Crippen LogP contribution is -2.35. The highest BCUT2D eigenvalue weighted by Gasteiger charge is 2.47. The van der Waals surface area contributed by atoms with E-state index in [1.165, 1.54) is 11.2 Å². The molecule has 7 heteroatoms. The topological polar surface area (TPSA) is 83.2 Å². The Morgan fingerprint density at radius 2 is 1.85 bits per heavy atom. The number of rotatable bonds is 8. The van der Waals surface area contributed by atoms with Gasteiger partial charge in [0.25, 0.3) is 11.7 Å². The van der Waals surface area contributed by atoms with Crippen molar-refractivity contribution >= 4 is 17.4 Å². The summed E-state index contributed by atoms with van der Waals surface area (Å²) < 4.78 is 11.4. The molecule has 0 spiro atoms. The fourth-order valence-electron chi connectivity index (χ4n) is 3.99. The molecule has 0 radical (unpaired) electrons. The number of carbonyl (C=O) groups excluding carboxylic acids is 2. The van der Waals surface area contributed by atoms with Gasteiger partial charge in [0, 0.05) is 18.7 Å². The van der Waals surface area contributed by atoms with E-state index >= 15 is 0 Å². The van der Waals surface area contributed by atoms with Crippen molar-refractivity contribution in [1.82, 2.24) is 9.80 Å². The third-order valence-electron chi connectivity index (χ3n) is 5.76. The number of ketones is 1. The van der Waals surface area contributed by atoms with Crippen LogP contribution in [0.1, 0.15) is 28.5 Å². The lowest BCUT2D eigenvalue weighted by Gasteiger charge is -2.24. The predicted octanol–water partition coefficient (Wildman–Crippen LogP) is 4.15. The highest BCUT2D eigenvalue weighted by molar-refractivity contribution is 6.46. The molecule has 1 fully saturated rings. The Morgan fingerprint density at radius 1 is 1.09 bits per heavy atom. The van der Waals surface area contributed by atoms with Gasteiger partial charge >= 0.3 is 0 Å². The van der Waals surface area contributed by atoms with Crippen molar-refractivity contribution in [3.63, 3.8) is 0 Å². The van der Waals surface area contributed by atoms with Crippen molar-refractivity contribution in [3.8, 4) is 5.75 Å². The molecule has 2 heterocycles. The molecule has 34 heavy (non-hydrogen) atoms. The summed E-state index contributed by atoms with van der Waals surface area (Å²) in [5.74, 6) is -0.553. The Morgan fingerprint density at radius 3 is 2.50 bits per heavy atom. The molecular formula is C27H28N2O5. The average Bonchev–Trinajstić information content (AvgIpc) is 3.43. The van der Waals surface area contributed by atoms with Crippen LogP contribution in [0, 0.1) is 6.92 Å². The van der Waals surface area contributed by atoms with E-state index in [9.17, 15) is 14.7 Å². The van der Waals surface area contributed by atoms with Crippen LogP contribution in [0.5, 0.6) is 5.75 Å². The second-order valence-corrected chi connectivity index (χ2v) is 8.61. The Balaban J connectivity index is 1.60. The number of hydrogen-bond donors (Lipinski definition) is 1. The molecule has 1 amide bonds. The molecule has 0 bridgehead atoms. The summed E-state index contributed by atoms with van der Waals surface area (Å²) in [5, 5.41) is 11.1. The zero-order valence-electron chi connectivity index (χ0n) is 19.5. The van der Waals surface area contributed by atoms with E-state index in [2.05, 4.69) is 6.07 Å². The number of amides is 1. The highest BCUT2D eigenvalue weighted by Crippen LogP contribution is 2.39. The summed E-state index contributed by atoms with van der Waals surface area (Å²) in [4.78, 5) is 29.1. The maximum Gasteiger partial charge on any atom is 0.295 e. The zero-order chi connectivity index (χ0) is 24.2. The molecule has 1 atom stereocenters. The van der Waals surface area contributed by atoms with Crippen LogP contribution in [0.3, 0.4) is 0 Å². The van der Waals surface area contributed by atoms with E-state index in [1.54, 1.807) is 36.4 Å². The highest BCUT2D eigenvalue weighted by atomic mass is 16.5. The standard InChI is InChI=1S/C27H28N2O5/c1-18-6-4-7-19(16-18)17-34-21-11-9-20(10-12-21)25(30)23-24(22-8-5-15-33-22)29(14-13-28(2)3)27(32)26(23)31/h4-12,15-16,24,30H,13-14,17H2,1-3H3/b25-23+/t24-/m1/s1. The van der Waals surface area contributed by atoms with Crippen LogP contribution in [-0.2, 0) is 16.2 Å². The molecule has 1 aliphatic rings. The van der Waals surface area contributed by atoms with Gasteiger partial charge in [-0.25, -0.2) is 0 Å². The van der Waals surface area contributed by atoms with E-state index in [4.69, 9.17) is 9.15 Å². The Hall–Kier alpha value is -3.84. The number of hydrogen-bond acceptors (Lipinski definition) is 6. The smallest absolute Gasteiger partial charge is 0.295 e. The molecule has 7 nitrogen and oxygen atoms in total. The minimum absolute atomic E-state index is 0.0205. The number of Topliss-reactive ketones (excluding diaryl/α,β-unsaturated/α-hetero) is 1. The van der Waals surface area contributed by atoms with Crippen LogP contribution in [0.15, 0.2) is 76.9 Å². The molecular weight excluding hydrogens is 432 g/mol. The van der Waals surface area contributed by atoms with Crippen molar-refractivity contribution in [2.75, 3.05) is 27.2 Å². The second kappa shape index (κ2) is 9.97. The first-order chi connectivity index (χ1) is 16.3. The monoisotopic (exact) mass is 460 g/mol. The Bertz CT molecular complexity index is 1200. The quantitative estimate of drug-likeness (QED) is 0.309. The number of ether oxygens (including phenoxy) is 1. The van der Waals surface area contributed by atoms with Crippen LogP contribution in [0.2, 0.25) is 0 Å². The number of aryl methyl sites for hydroxylation is 1. The molecule has 3 aromatic rings. The molecule has 0 aliphatic carbocycles. The third kappa shape index (κ3) is 4.89. The first-order valence-electron chi connectivity index (χ1n) is 11.1. The second-order valence-electron chi connectivity index (χ2n) is 8.61.